The van der Waals surface area contributed by atoms with Crippen molar-refractivity contribution >= 4 is 49.6 Å². The summed E-state index contributed by atoms with van der Waals surface area (Å²) in [5, 5.41) is 12.7. The quantitative estimate of drug-likeness (QED) is 0.299. The second-order valence-corrected chi connectivity index (χ2v) is 7.44. The van der Waals surface area contributed by atoms with Crippen LogP contribution in [0.3, 0.4) is 0 Å². The van der Waals surface area contributed by atoms with Crippen LogP contribution in [-0.2, 0) is 0 Å². The minimum atomic E-state index is -0.748. The molecule has 0 fully saturated rings. The summed E-state index contributed by atoms with van der Waals surface area (Å²) < 4.78 is 11.7. The number of anilines is 1. The number of nitrogens with one attached hydrogen (secondary N) is 1. The number of carbonyl (C=O) groups excluding carboxylic acids is 1. The lowest BCUT2D eigenvalue weighted by Crippen LogP contribution is -2.20. The Kier molecular flexibility index (Phi) is 4.40. The Hall–Kier alpha value is -3.78. The first kappa shape index (κ1) is 18.3. The van der Waals surface area contributed by atoms with Crippen molar-refractivity contribution in [3.63, 3.8) is 0 Å². The third-order valence-corrected chi connectivity index (χ3v) is 5.10. The Morgan fingerprint density at radius 1 is 0.900 bits per heavy atom. The van der Waals surface area contributed by atoms with E-state index in [0.717, 1.165) is 15.2 Å². The molecule has 7 nitrogen and oxygen atoms in total. The average Bonchev–Trinajstić information content (AvgIpc) is 3.21. The SMILES string of the molecule is O=C(Nc1nnc(-c2cccc(Br)c2)o1)c1cc2c(ccc3ccccc32)oc1=O. The molecule has 8 heteroatoms. The highest BCUT2D eigenvalue weighted by Gasteiger charge is 2.18. The van der Waals surface area contributed by atoms with Gasteiger partial charge in [-0.05, 0) is 41.1 Å². The van der Waals surface area contributed by atoms with Crippen LogP contribution in [-0.4, -0.2) is 16.1 Å². The predicted molar refractivity (Wildman–Crippen MR) is 115 cm³/mol. The minimum Gasteiger partial charge on any atom is -0.422 e. The number of hydrogen-bond acceptors (Lipinski definition) is 6. The smallest absolute Gasteiger partial charge is 0.349 e. The molecule has 0 aliphatic carbocycles. The van der Waals surface area contributed by atoms with E-state index >= 15 is 0 Å². The lowest BCUT2D eigenvalue weighted by Gasteiger charge is -2.05. The molecule has 3 aromatic carbocycles. The van der Waals surface area contributed by atoms with E-state index in [4.69, 9.17) is 8.83 Å². The van der Waals surface area contributed by atoms with Gasteiger partial charge in [0.25, 0.3) is 5.91 Å². The van der Waals surface area contributed by atoms with Crippen LogP contribution in [0.1, 0.15) is 10.4 Å². The van der Waals surface area contributed by atoms with Crippen molar-refractivity contribution in [3.05, 3.63) is 87.2 Å². The molecule has 0 unspecified atom stereocenters. The first-order valence-electron chi connectivity index (χ1n) is 8.95. The highest BCUT2D eigenvalue weighted by molar-refractivity contribution is 9.10. The number of fused-ring (bicyclic) bond motifs is 3. The molecular formula is C22H12BrN3O4. The fraction of sp³-hybridized carbons (Fsp3) is 0. The monoisotopic (exact) mass is 461 g/mol. The molecule has 30 heavy (non-hydrogen) atoms. The topological polar surface area (TPSA) is 98.2 Å². The van der Waals surface area contributed by atoms with Crippen LogP contribution in [0, 0.1) is 0 Å². The van der Waals surface area contributed by atoms with Gasteiger partial charge in [0.15, 0.2) is 0 Å². The van der Waals surface area contributed by atoms with E-state index in [1.165, 1.54) is 6.07 Å². The van der Waals surface area contributed by atoms with Crippen molar-refractivity contribution in [1.29, 1.82) is 0 Å². The Bertz CT molecular complexity index is 1490. The second kappa shape index (κ2) is 7.23. The molecule has 1 amide bonds. The van der Waals surface area contributed by atoms with Crippen molar-refractivity contribution in [2.24, 2.45) is 0 Å². The van der Waals surface area contributed by atoms with E-state index < -0.39 is 11.5 Å². The van der Waals surface area contributed by atoms with Crippen molar-refractivity contribution in [1.82, 2.24) is 10.2 Å². The number of rotatable bonds is 3. The van der Waals surface area contributed by atoms with Crippen LogP contribution < -0.4 is 10.9 Å². The number of hydrogen-bond donors (Lipinski definition) is 1. The number of nitrogens with zero attached hydrogens (tertiary/aromatic N) is 2. The van der Waals surface area contributed by atoms with Crippen molar-refractivity contribution in [3.8, 4) is 11.5 Å². The van der Waals surface area contributed by atoms with E-state index in [1.807, 2.05) is 48.5 Å². The van der Waals surface area contributed by atoms with Crippen LogP contribution in [0.2, 0.25) is 0 Å². The van der Waals surface area contributed by atoms with Crippen LogP contribution in [0.15, 0.2) is 84.8 Å². The van der Waals surface area contributed by atoms with Gasteiger partial charge in [-0.1, -0.05) is 57.4 Å². The van der Waals surface area contributed by atoms with E-state index in [0.29, 0.717) is 16.5 Å². The summed E-state index contributed by atoms with van der Waals surface area (Å²) in [6.45, 7) is 0. The van der Waals surface area contributed by atoms with E-state index in [2.05, 4.69) is 31.4 Å². The summed E-state index contributed by atoms with van der Waals surface area (Å²) in [5.41, 5.74) is 0.196. The Morgan fingerprint density at radius 2 is 1.77 bits per heavy atom. The fourth-order valence-corrected chi connectivity index (χ4v) is 3.61. The molecule has 0 spiro atoms. The highest BCUT2D eigenvalue weighted by Crippen LogP contribution is 2.26. The molecular weight excluding hydrogens is 450 g/mol. The first-order chi connectivity index (χ1) is 14.6. The van der Waals surface area contributed by atoms with Crippen LogP contribution >= 0.6 is 15.9 Å². The zero-order valence-corrected chi connectivity index (χ0v) is 16.8. The number of benzene rings is 3. The van der Waals surface area contributed by atoms with Crippen LogP contribution in [0.4, 0.5) is 6.01 Å². The molecule has 5 rings (SSSR count). The Morgan fingerprint density at radius 3 is 2.63 bits per heavy atom. The third-order valence-electron chi connectivity index (χ3n) is 4.60. The summed E-state index contributed by atoms with van der Waals surface area (Å²) in [6.07, 6.45) is 0. The summed E-state index contributed by atoms with van der Waals surface area (Å²) in [4.78, 5) is 25.1. The van der Waals surface area contributed by atoms with Crippen molar-refractivity contribution < 1.29 is 13.6 Å². The molecule has 2 heterocycles. The second-order valence-electron chi connectivity index (χ2n) is 6.52. The van der Waals surface area contributed by atoms with Gasteiger partial charge >= 0.3 is 11.6 Å². The van der Waals surface area contributed by atoms with Gasteiger partial charge in [0.1, 0.15) is 11.1 Å². The van der Waals surface area contributed by atoms with Gasteiger partial charge in [-0.25, -0.2) is 4.79 Å². The number of halogens is 1. The Balaban J connectivity index is 1.50. The van der Waals surface area contributed by atoms with Crippen molar-refractivity contribution in [2.45, 2.75) is 0 Å². The number of aromatic nitrogens is 2. The molecule has 5 aromatic rings. The minimum absolute atomic E-state index is 0.118. The van der Waals surface area contributed by atoms with Gasteiger partial charge in [-0.2, -0.15) is 0 Å². The molecule has 0 saturated carbocycles. The van der Waals surface area contributed by atoms with Crippen molar-refractivity contribution in [2.75, 3.05) is 5.32 Å². The van der Waals surface area contributed by atoms with Gasteiger partial charge in [-0.15, -0.1) is 5.10 Å². The maximum Gasteiger partial charge on any atom is 0.349 e. The lowest BCUT2D eigenvalue weighted by molar-refractivity contribution is 0.102. The van der Waals surface area contributed by atoms with Gasteiger partial charge in [0.2, 0.25) is 5.89 Å². The number of carbonyl (C=O) groups is 1. The van der Waals surface area contributed by atoms with Gasteiger partial charge in [0.05, 0.1) is 0 Å². The standard InChI is InChI=1S/C22H12BrN3O4/c23-14-6-3-5-13(10-14)20-25-26-22(30-20)24-19(27)17-11-16-15-7-2-1-4-12(15)8-9-18(16)29-21(17)28/h1-11H,(H,24,26,27). The van der Waals surface area contributed by atoms with Crippen LogP contribution in [0.5, 0.6) is 0 Å². The number of amides is 1. The van der Waals surface area contributed by atoms with Gasteiger partial charge in [-0.3, -0.25) is 10.1 Å². The fourth-order valence-electron chi connectivity index (χ4n) is 3.21. The molecule has 0 aliphatic heterocycles. The normalized spacial score (nSPS) is 11.1. The molecule has 0 aliphatic rings. The summed E-state index contributed by atoms with van der Waals surface area (Å²) >= 11 is 3.38. The maximum absolute atomic E-state index is 12.7. The maximum atomic E-state index is 12.7. The Labute approximate surface area is 177 Å². The summed E-state index contributed by atoms with van der Waals surface area (Å²) in [6, 6.07) is 19.9. The van der Waals surface area contributed by atoms with E-state index in [-0.39, 0.29) is 17.5 Å². The summed E-state index contributed by atoms with van der Waals surface area (Å²) in [5.74, 6) is -0.453. The third kappa shape index (κ3) is 3.27. The molecule has 0 bridgehead atoms. The zero-order valence-electron chi connectivity index (χ0n) is 15.3. The predicted octanol–water partition coefficient (Wildman–Crippen LogP) is 5.01. The van der Waals surface area contributed by atoms with Gasteiger partial charge in [0, 0.05) is 15.4 Å². The molecule has 0 radical (unpaired) electrons. The van der Waals surface area contributed by atoms with E-state index in [9.17, 15) is 9.59 Å². The largest absolute Gasteiger partial charge is 0.422 e. The zero-order chi connectivity index (χ0) is 20.7. The molecule has 0 saturated heterocycles. The molecule has 0 atom stereocenters. The molecule has 2 aromatic heterocycles. The van der Waals surface area contributed by atoms with E-state index in [1.54, 1.807) is 12.1 Å². The molecule has 146 valence electrons. The molecule has 1 N–H and O–H groups in total. The van der Waals surface area contributed by atoms with Gasteiger partial charge < -0.3 is 8.83 Å². The average molecular weight is 462 g/mol. The summed E-state index contributed by atoms with van der Waals surface area (Å²) in [7, 11) is 0. The highest BCUT2D eigenvalue weighted by atomic mass is 79.9. The first-order valence-corrected chi connectivity index (χ1v) is 9.74. The lowest BCUT2D eigenvalue weighted by atomic mass is 10.0. The van der Waals surface area contributed by atoms with Crippen LogP contribution in [0.25, 0.3) is 33.2 Å².